The van der Waals surface area contributed by atoms with E-state index in [4.69, 9.17) is 9.15 Å². The Kier molecular flexibility index (Phi) is 6.74. The summed E-state index contributed by atoms with van der Waals surface area (Å²) >= 11 is 5.22. The molecule has 27 heavy (non-hydrogen) atoms. The van der Waals surface area contributed by atoms with Crippen molar-refractivity contribution in [3.05, 3.63) is 74.3 Å². The molecule has 6 heteroatoms. The van der Waals surface area contributed by atoms with Gasteiger partial charge in [-0.1, -0.05) is 6.07 Å². The molecule has 142 valence electrons. The van der Waals surface area contributed by atoms with E-state index in [1.165, 1.54) is 9.75 Å². The van der Waals surface area contributed by atoms with Crippen LogP contribution in [0.15, 0.2) is 57.6 Å². The largest absolute Gasteiger partial charge is 0.496 e. The van der Waals surface area contributed by atoms with Crippen LogP contribution in [0.2, 0.25) is 0 Å². The molecule has 0 bridgehead atoms. The van der Waals surface area contributed by atoms with Gasteiger partial charge in [-0.25, -0.2) is 0 Å². The maximum Gasteiger partial charge on any atom is 0.223 e. The molecular weight excluding hydrogens is 426 g/mol. The fourth-order valence-electron chi connectivity index (χ4n) is 2.86. The number of ether oxygens (including phenoxy) is 1. The van der Waals surface area contributed by atoms with Crippen LogP contribution in [-0.4, -0.2) is 17.9 Å². The molecule has 0 radical (unpaired) electrons. The monoisotopic (exact) mass is 447 g/mol. The molecular formula is C21H22BrNO3S. The molecule has 0 aliphatic carbocycles. The first-order chi connectivity index (χ1) is 13.0. The number of aryl methyl sites for hydroxylation is 2. The van der Waals surface area contributed by atoms with E-state index in [0.717, 1.165) is 21.5 Å². The molecule has 3 rings (SSSR count). The number of hydrogen-bond donors (Lipinski definition) is 0. The number of carbonyl (C=O) groups is 1. The predicted molar refractivity (Wildman–Crippen MR) is 111 cm³/mol. The summed E-state index contributed by atoms with van der Waals surface area (Å²) in [5.74, 6) is 1.70. The second-order valence-electron chi connectivity index (χ2n) is 6.31. The lowest BCUT2D eigenvalue weighted by Crippen LogP contribution is -2.29. The van der Waals surface area contributed by atoms with Crippen LogP contribution in [0.1, 0.15) is 27.5 Å². The lowest BCUT2D eigenvalue weighted by Gasteiger charge is -2.21. The van der Waals surface area contributed by atoms with Gasteiger partial charge in [0.1, 0.15) is 11.5 Å². The number of benzene rings is 1. The maximum absolute atomic E-state index is 12.9. The molecule has 0 spiro atoms. The van der Waals surface area contributed by atoms with Gasteiger partial charge in [-0.2, -0.15) is 0 Å². The molecule has 0 aliphatic heterocycles. The van der Waals surface area contributed by atoms with Gasteiger partial charge in [0.2, 0.25) is 5.91 Å². The van der Waals surface area contributed by atoms with Crippen molar-refractivity contribution in [2.45, 2.75) is 32.9 Å². The number of halogens is 1. The van der Waals surface area contributed by atoms with Gasteiger partial charge in [0.15, 0.2) is 0 Å². The average molecular weight is 448 g/mol. The van der Waals surface area contributed by atoms with Crippen molar-refractivity contribution >= 4 is 33.2 Å². The molecule has 0 unspecified atom stereocenters. The number of carbonyl (C=O) groups excluding carboxylic acids is 1. The van der Waals surface area contributed by atoms with Gasteiger partial charge in [0.05, 0.1) is 30.9 Å². The summed E-state index contributed by atoms with van der Waals surface area (Å²) in [6.45, 7) is 3.16. The average Bonchev–Trinajstić information content (AvgIpc) is 3.31. The quantitative estimate of drug-likeness (QED) is 0.452. The summed E-state index contributed by atoms with van der Waals surface area (Å²) < 4.78 is 11.6. The first-order valence-electron chi connectivity index (χ1n) is 8.73. The predicted octanol–water partition coefficient (Wildman–Crippen LogP) is 5.58. The third-order valence-corrected chi connectivity index (χ3v) is 5.87. The number of methoxy groups -OCH3 is 1. The van der Waals surface area contributed by atoms with E-state index in [1.54, 1.807) is 24.7 Å². The molecule has 4 nitrogen and oxygen atoms in total. The summed E-state index contributed by atoms with van der Waals surface area (Å²) in [4.78, 5) is 17.2. The van der Waals surface area contributed by atoms with E-state index in [2.05, 4.69) is 35.0 Å². The molecule has 0 aliphatic rings. The molecule has 0 saturated heterocycles. The summed E-state index contributed by atoms with van der Waals surface area (Å²) in [6, 6.07) is 13.8. The number of nitrogens with zero attached hydrogens (tertiary/aromatic N) is 1. The SMILES string of the molecule is COc1ccc(CCC(=O)N(Cc2ccco2)Cc2ccc(C)s2)cc1Br. The van der Waals surface area contributed by atoms with E-state index in [-0.39, 0.29) is 5.91 Å². The normalized spacial score (nSPS) is 10.8. The van der Waals surface area contributed by atoms with Gasteiger partial charge in [0, 0.05) is 16.2 Å². The van der Waals surface area contributed by atoms with Crippen molar-refractivity contribution in [2.75, 3.05) is 7.11 Å². The highest BCUT2D eigenvalue weighted by atomic mass is 79.9. The molecule has 0 fully saturated rings. The summed E-state index contributed by atoms with van der Waals surface area (Å²) in [5.41, 5.74) is 1.10. The third-order valence-electron chi connectivity index (χ3n) is 4.27. The smallest absolute Gasteiger partial charge is 0.223 e. The summed E-state index contributed by atoms with van der Waals surface area (Å²) in [7, 11) is 1.64. The molecule has 2 aromatic heterocycles. The zero-order chi connectivity index (χ0) is 19.2. The maximum atomic E-state index is 12.9. The van der Waals surface area contributed by atoms with E-state index in [0.29, 0.717) is 25.9 Å². The fourth-order valence-corrected chi connectivity index (χ4v) is 4.35. The van der Waals surface area contributed by atoms with Gasteiger partial charge < -0.3 is 14.1 Å². The Labute approximate surface area is 171 Å². The van der Waals surface area contributed by atoms with Crippen LogP contribution in [0, 0.1) is 6.92 Å². The van der Waals surface area contributed by atoms with E-state index in [1.807, 2.05) is 35.2 Å². The van der Waals surface area contributed by atoms with Crippen molar-refractivity contribution in [3.8, 4) is 5.75 Å². The number of hydrogen-bond acceptors (Lipinski definition) is 4. The molecule has 0 atom stereocenters. The zero-order valence-electron chi connectivity index (χ0n) is 15.4. The van der Waals surface area contributed by atoms with Crippen LogP contribution in [0.3, 0.4) is 0 Å². The minimum absolute atomic E-state index is 0.115. The first-order valence-corrected chi connectivity index (χ1v) is 10.3. The topological polar surface area (TPSA) is 42.7 Å². The van der Waals surface area contributed by atoms with Crippen molar-refractivity contribution < 1.29 is 13.9 Å². The van der Waals surface area contributed by atoms with Crippen molar-refractivity contribution in [2.24, 2.45) is 0 Å². The zero-order valence-corrected chi connectivity index (χ0v) is 17.8. The van der Waals surface area contributed by atoms with Gasteiger partial charge in [-0.15, -0.1) is 11.3 Å². The van der Waals surface area contributed by atoms with Crippen molar-refractivity contribution in [1.29, 1.82) is 0 Å². The highest BCUT2D eigenvalue weighted by molar-refractivity contribution is 9.10. The highest BCUT2D eigenvalue weighted by Crippen LogP contribution is 2.26. The molecule has 3 aromatic rings. The van der Waals surface area contributed by atoms with Crippen molar-refractivity contribution in [1.82, 2.24) is 4.90 Å². The summed E-state index contributed by atoms with van der Waals surface area (Å²) in [6.07, 6.45) is 2.77. The Morgan fingerprint density at radius 2 is 2.07 bits per heavy atom. The Bertz CT molecular complexity index is 889. The van der Waals surface area contributed by atoms with Crippen LogP contribution >= 0.6 is 27.3 Å². The van der Waals surface area contributed by atoms with Gasteiger partial charge in [-0.05, 0) is 71.2 Å². The number of furan rings is 1. The Morgan fingerprint density at radius 3 is 2.70 bits per heavy atom. The lowest BCUT2D eigenvalue weighted by molar-refractivity contribution is -0.132. The van der Waals surface area contributed by atoms with Crippen LogP contribution < -0.4 is 4.74 Å². The minimum atomic E-state index is 0.115. The van der Waals surface area contributed by atoms with Crippen LogP contribution in [0.5, 0.6) is 5.75 Å². The fraction of sp³-hybridized carbons (Fsp3) is 0.286. The van der Waals surface area contributed by atoms with Crippen LogP contribution in [0.25, 0.3) is 0 Å². The van der Waals surface area contributed by atoms with Crippen LogP contribution in [-0.2, 0) is 24.3 Å². The minimum Gasteiger partial charge on any atom is -0.496 e. The van der Waals surface area contributed by atoms with Gasteiger partial charge >= 0.3 is 0 Å². The van der Waals surface area contributed by atoms with E-state index in [9.17, 15) is 4.79 Å². The van der Waals surface area contributed by atoms with Crippen LogP contribution in [0.4, 0.5) is 0 Å². The molecule has 1 amide bonds. The second-order valence-corrected chi connectivity index (χ2v) is 8.54. The standard InChI is InChI=1S/C21H22BrNO3S/c1-15-5-8-18(27-15)14-23(13-17-4-3-11-26-17)21(24)10-7-16-6-9-20(25-2)19(22)12-16/h3-6,8-9,11-12H,7,10,13-14H2,1-2H3. The molecule has 0 saturated carbocycles. The third kappa shape index (κ3) is 5.47. The molecule has 0 N–H and O–H groups in total. The first kappa shape index (κ1) is 19.7. The summed E-state index contributed by atoms with van der Waals surface area (Å²) in [5, 5.41) is 0. The number of amides is 1. The van der Waals surface area contributed by atoms with Gasteiger partial charge in [-0.3, -0.25) is 4.79 Å². The Morgan fingerprint density at radius 1 is 1.22 bits per heavy atom. The van der Waals surface area contributed by atoms with Gasteiger partial charge in [0.25, 0.3) is 0 Å². The number of rotatable bonds is 8. The second kappa shape index (κ2) is 9.24. The highest BCUT2D eigenvalue weighted by Gasteiger charge is 2.17. The Balaban J connectivity index is 1.67. The number of thiophene rings is 1. The lowest BCUT2D eigenvalue weighted by atomic mass is 10.1. The molecule has 1 aromatic carbocycles. The van der Waals surface area contributed by atoms with Crippen molar-refractivity contribution in [3.63, 3.8) is 0 Å². The Hall–Kier alpha value is -2.05. The van der Waals surface area contributed by atoms with E-state index < -0.39 is 0 Å². The van der Waals surface area contributed by atoms with E-state index >= 15 is 0 Å². The molecule has 2 heterocycles.